The zero-order valence-corrected chi connectivity index (χ0v) is 9.62. The van der Waals surface area contributed by atoms with Crippen molar-refractivity contribution in [1.29, 1.82) is 0 Å². The first-order valence-corrected chi connectivity index (χ1v) is 6.02. The van der Waals surface area contributed by atoms with Crippen LogP contribution in [0, 0.1) is 5.92 Å². The minimum absolute atomic E-state index is 0.238. The van der Waals surface area contributed by atoms with Crippen LogP contribution in [0.5, 0.6) is 0 Å². The molecule has 1 heterocycles. The molecule has 1 fully saturated rings. The Balaban J connectivity index is 2.18. The van der Waals surface area contributed by atoms with Crippen LogP contribution in [-0.4, -0.2) is 18.9 Å². The van der Waals surface area contributed by atoms with Crippen molar-refractivity contribution in [3.63, 3.8) is 0 Å². The zero-order valence-electron chi connectivity index (χ0n) is 9.62. The van der Waals surface area contributed by atoms with Gasteiger partial charge in [0.15, 0.2) is 0 Å². The van der Waals surface area contributed by atoms with Crippen LogP contribution in [0.1, 0.15) is 24.5 Å². The normalized spacial score (nSPS) is 31.9. The molecule has 2 atom stereocenters. The van der Waals surface area contributed by atoms with Crippen molar-refractivity contribution in [2.75, 3.05) is 13.1 Å². The highest BCUT2D eigenvalue weighted by molar-refractivity contribution is 5.89. The monoisotopic (exact) mass is 215 g/mol. The van der Waals surface area contributed by atoms with Gasteiger partial charge in [-0.15, -0.1) is 0 Å². The molecule has 2 unspecified atom stereocenters. The van der Waals surface area contributed by atoms with Gasteiger partial charge >= 0.3 is 0 Å². The molecule has 0 aromatic heterocycles. The first-order valence-electron chi connectivity index (χ1n) is 6.02. The number of carbonyl (C=O) groups excluding carboxylic acids is 1. The largest absolute Gasteiger partial charge is 0.315 e. The fourth-order valence-corrected chi connectivity index (χ4v) is 3.41. The fraction of sp³-hybridized carbons (Fsp3) is 0.500. The molecule has 1 aliphatic heterocycles. The van der Waals surface area contributed by atoms with Crippen molar-refractivity contribution in [2.45, 2.75) is 25.2 Å². The van der Waals surface area contributed by atoms with Gasteiger partial charge in [-0.05, 0) is 43.4 Å². The van der Waals surface area contributed by atoms with Crippen LogP contribution in [0.3, 0.4) is 0 Å². The van der Waals surface area contributed by atoms with Gasteiger partial charge in [-0.3, -0.25) is 4.79 Å². The zero-order chi connectivity index (χ0) is 11.2. The van der Waals surface area contributed by atoms with Crippen molar-refractivity contribution in [1.82, 2.24) is 5.32 Å². The second-order valence-corrected chi connectivity index (χ2v) is 5.20. The van der Waals surface area contributed by atoms with Gasteiger partial charge in [0.1, 0.15) is 5.78 Å². The van der Waals surface area contributed by atoms with Crippen molar-refractivity contribution >= 4 is 5.78 Å². The number of hydrogen-bond acceptors (Lipinski definition) is 2. The van der Waals surface area contributed by atoms with Gasteiger partial charge in [0, 0.05) is 6.54 Å². The highest BCUT2D eigenvalue weighted by Crippen LogP contribution is 2.42. The SMILES string of the molecule is CC(=O)C12CNCC(Cc3ccccc31)C2. The van der Waals surface area contributed by atoms with Gasteiger partial charge in [0.05, 0.1) is 5.41 Å². The summed E-state index contributed by atoms with van der Waals surface area (Å²) in [6, 6.07) is 8.46. The van der Waals surface area contributed by atoms with Gasteiger partial charge < -0.3 is 5.32 Å². The van der Waals surface area contributed by atoms with Crippen molar-refractivity contribution in [2.24, 2.45) is 5.92 Å². The van der Waals surface area contributed by atoms with Crippen LogP contribution < -0.4 is 5.32 Å². The van der Waals surface area contributed by atoms with E-state index < -0.39 is 0 Å². The Morgan fingerprint density at radius 1 is 1.44 bits per heavy atom. The molecule has 1 aliphatic carbocycles. The third-order valence-electron chi connectivity index (χ3n) is 4.21. The quantitative estimate of drug-likeness (QED) is 0.772. The summed E-state index contributed by atoms with van der Waals surface area (Å²) < 4.78 is 0. The van der Waals surface area contributed by atoms with E-state index in [1.54, 1.807) is 6.92 Å². The van der Waals surface area contributed by atoms with E-state index in [1.165, 1.54) is 11.1 Å². The van der Waals surface area contributed by atoms with E-state index in [-0.39, 0.29) is 5.41 Å². The Kier molecular flexibility index (Phi) is 2.15. The maximum Gasteiger partial charge on any atom is 0.141 e. The van der Waals surface area contributed by atoms with Crippen LogP contribution in [0.15, 0.2) is 24.3 Å². The Labute approximate surface area is 96.1 Å². The maximum absolute atomic E-state index is 12.1. The molecule has 3 rings (SSSR count). The smallest absolute Gasteiger partial charge is 0.141 e. The molecule has 1 saturated heterocycles. The summed E-state index contributed by atoms with van der Waals surface area (Å²) in [6.45, 7) is 3.62. The lowest BCUT2D eigenvalue weighted by atomic mass is 9.62. The van der Waals surface area contributed by atoms with Crippen LogP contribution in [-0.2, 0) is 16.6 Å². The first kappa shape index (κ1) is 10.0. The minimum Gasteiger partial charge on any atom is -0.315 e. The third-order valence-corrected chi connectivity index (χ3v) is 4.21. The Bertz CT molecular complexity index is 440. The lowest BCUT2D eigenvalue weighted by Crippen LogP contribution is -2.54. The average Bonchev–Trinajstić information content (AvgIpc) is 2.29. The topological polar surface area (TPSA) is 29.1 Å². The summed E-state index contributed by atoms with van der Waals surface area (Å²) in [4.78, 5) is 12.1. The molecule has 2 nitrogen and oxygen atoms in total. The second-order valence-electron chi connectivity index (χ2n) is 5.20. The van der Waals surface area contributed by atoms with Gasteiger partial charge in [0.25, 0.3) is 0 Å². The standard InChI is InChI=1S/C14H17NO/c1-10(16)14-7-11(8-15-9-14)6-12-4-2-3-5-13(12)14/h2-5,11,15H,6-9H2,1H3. The van der Waals surface area contributed by atoms with Gasteiger partial charge in [-0.25, -0.2) is 0 Å². The van der Waals surface area contributed by atoms with Crippen LogP contribution >= 0.6 is 0 Å². The lowest BCUT2D eigenvalue weighted by Gasteiger charge is -2.45. The second kappa shape index (κ2) is 3.42. The minimum atomic E-state index is -0.238. The lowest BCUT2D eigenvalue weighted by molar-refractivity contribution is -0.124. The van der Waals surface area contributed by atoms with Crippen LogP contribution in [0.25, 0.3) is 0 Å². The summed E-state index contributed by atoms with van der Waals surface area (Å²) in [5.74, 6) is 0.949. The Morgan fingerprint density at radius 2 is 2.25 bits per heavy atom. The van der Waals surface area contributed by atoms with E-state index in [2.05, 4.69) is 29.6 Å². The number of hydrogen-bond donors (Lipinski definition) is 1. The molecule has 0 radical (unpaired) electrons. The van der Waals surface area contributed by atoms with Crippen molar-refractivity contribution in [3.8, 4) is 0 Å². The van der Waals surface area contributed by atoms with E-state index in [0.29, 0.717) is 11.7 Å². The van der Waals surface area contributed by atoms with E-state index in [0.717, 1.165) is 25.9 Å². The van der Waals surface area contributed by atoms with Gasteiger partial charge in [-0.1, -0.05) is 24.3 Å². The molecule has 2 bridgehead atoms. The molecule has 1 aromatic rings. The summed E-state index contributed by atoms with van der Waals surface area (Å²) in [6.07, 6.45) is 2.16. The summed E-state index contributed by atoms with van der Waals surface area (Å²) >= 11 is 0. The molecule has 0 amide bonds. The molecule has 1 aromatic carbocycles. The first-order chi connectivity index (χ1) is 7.72. The number of nitrogens with one attached hydrogen (secondary N) is 1. The summed E-state index contributed by atoms with van der Waals surface area (Å²) in [5.41, 5.74) is 2.42. The molecule has 16 heavy (non-hydrogen) atoms. The highest BCUT2D eigenvalue weighted by atomic mass is 16.1. The fourth-order valence-electron chi connectivity index (χ4n) is 3.41. The number of benzene rings is 1. The molecule has 2 aliphatic rings. The van der Waals surface area contributed by atoms with E-state index >= 15 is 0 Å². The molecule has 1 N–H and O–H groups in total. The average molecular weight is 215 g/mol. The number of Topliss-reactive ketones (excluding diaryl/α,β-unsaturated/α-hetero) is 1. The number of carbonyl (C=O) groups is 1. The summed E-state index contributed by atoms with van der Waals surface area (Å²) in [5, 5.41) is 3.43. The number of fused-ring (bicyclic) bond motifs is 4. The van der Waals surface area contributed by atoms with Gasteiger partial charge in [-0.2, -0.15) is 0 Å². The number of ketones is 1. The Hall–Kier alpha value is -1.15. The molecule has 0 saturated carbocycles. The van der Waals surface area contributed by atoms with E-state index in [1.807, 2.05) is 0 Å². The molecule has 84 valence electrons. The predicted octanol–water partition coefficient (Wildman–Crippen LogP) is 1.68. The molecule has 0 spiro atoms. The third kappa shape index (κ3) is 1.26. The van der Waals surface area contributed by atoms with E-state index in [9.17, 15) is 4.79 Å². The van der Waals surface area contributed by atoms with E-state index in [4.69, 9.17) is 0 Å². The predicted molar refractivity (Wildman–Crippen MR) is 63.5 cm³/mol. The number of rotatable bonds is 1. The van der Waals surface area contributed by atoms with Crippen LogP contribution in [0.2, 0.25) is 0 Å². The molecular formula is C14H17NO. The number of piperidine rings is 1. The van der Waals surface area contributed by atoms with Crippen LogP contribution in [0.4, 0.5) is 0 Å². The van der Waals surface area contributed by atoms with Gasteiger partial charge in [0.2, 0.25) is 0 Å². The molecular weight excluding hydrogens is 198 g/mol. The maximum atomic E-state index is 12.1. The Morgan fingerprint density at radius 3 is 3.06 bits per heavy atom. The molecule has 2 heteroatoms. The van der Waals surface area contributed by atoms with Crippen molar-refractivity contribution in [3.05, 3.63) is 35.4 Å². The van der Waals surface area contributed by atoms with Crippen molar-refractivity contribution < 1.29 is 4.79 Å². The summed E-state index contributed by atoms with van der Waals surface area (Å²) in [7, 11) is 0. The highest BCUT2D eigenvalue weighted by Gasteiger charge is 2.45.